The Kier molecular flexibility index (Phi) is 5.75. The van der Waals surface area contributed by atoms with Crippen molar-refractivity contribution in [3.63, 3.8) is 0 Å². The summed E-state index contributed by atoms with van der Waals surface area (Å²) in [6.07, 6.45) is 0.799. The number of hydrogen-bond acceptors (Lipinski definition) is 6. The van der Waals surface area contributed by atoms with E-state index in [1.54, 1.807) is 12.0 Å². The molecule has 1 aliphatic rings. The van der Waals surface area contributed by atoms with E-state index in [0.717, 1.165) is 23.6 Å². The fraction of sp³-hybridized carbons (Fsp3) is 0.263. The summed E-state index contributed by atoms with van der Waals surface area (Å²) in [4.78, 5) is 29.7. The average molecular weight is 385 g/mol. The van der Waals surface area contributed by atoms with Gasteiger partial charge in [-0.15, -0.1) is 0 Å². The highest BCUT2D eigenvalue weighted by Gasteiger charge is 2.34. The van der Waals surface area contributed by atoms with Gasteiger partial charge in [0.1, 0.15) is 5.75 Å². The van der Waals surface area contributed by atoms with Gasteiger partial charge in [0.05, 0.1) is 17.7 Å². The van der Waals surface area contributed by atoms with Crippen molar-refractivity contribution in [2.45, 2.75) is 19.4 Å². The third-order valence-corrected chi connectivity index (χ3v) is 5.39. The summed E-state index contributed by atoms with van der Waals surface area (Å²) in [5.41, 5.74) is 1.10. The first kappa shape index (κ1) is 18.9. The number of carbonyl (C=O) groups excluding carboxylic acids is 1. The summed E-state index contributed by atoms with van der Waals surface area (Å²) in [7, 11) is 1.60. The number of hydrogen-bond donors (Lipinski definition) is 0. The van der Waals surface area contributed by atoms with Crippen LogP contribution in [0, 0.1) is 10.1 Å². The molecule has 2 aromatic carbocycles. The van der Waals surface area contributed by atoms with Gasteiger partial charge in [-0.05, 0) is 42.8 Å². The second-order valence-electron chi connectivity index (χ2n) is 5.94. The molecule has 0 bridgehead atoms. The smallest absolute Gasteiger partial charge is 0.269 e. The van der Waals surface area contributed by atoms with Crippen molar-refractivity contribution < 1.29 is 14.5 Å². The molecule has 3 rings (SSSR count). The second kappa shape index (κ2) is 8.22. The molecule has 0 aliphatic carbocycles. The summed E-state index contributed by atoms with van der Waals surface area (Å²) >= 11 is 1.53. The Morgan fingerprint density at radius 2 is 1.93 bits per heavy atom. The molecule has 0 N–H and O–H groups in total. The number of nitro benzene ring substituents is 1. The number of methoxy groups -OCH3 is 1. The summed E-state index contributed by atoms with van der Waals surface area (Å²) < 4.78 is 5.15. The van der Waals surface area contributed by atoms with E-state index in [1.165, 1.54) is 36.0 Å². The minimum Gasteiger partial charge on any atom is -0.497 e. The highest BCUT2D eigenvalue weighted by molar-refractivity contribution is 8.14. The SMILES string of the molecule is CC[C@@H]1CSC(=Nc2ccc(OC)cc2)N1C(=O)c1ccc([N+](=O)[O-])cc1. The molecule has 1 amide bonds. The maximum absolute atomic E-state index is 13.0. The zero-order chi connectivity index (χ0) is 19.4. The Labute approximate surface area is 161 Å². The Morgan fingerprint density at radius 1 is 1.26 bits per heavy atom. The third-order valence-electron chi connectivity index (χ3n) is 4.29. The molecule has 1 heterocycles. The van der Waals surface area contributed by atoms with Crippen LogP contribution in [0.1, 0.15) is 23.7 Å². The van der Waals surface area contributed by atoms with Crippen LogP contribution in [0.5, 0.6) is 5.75 Å². The van der Waals surface area contributed by atoms with Gasteiger partial charge in [0, 0.05) is 29.5 Å². The van der Waals surface area contributed by atoms with Crippen LogP contribution in [0.15, 0.2) is 53.5 Å². The van der Waals surface area contributed by atoms with Gasteiger partial charge in [0.2, 0.25) is 0 Å². The number of carbonyl (C=O) groups is 1. The van der Waals surface area contributed by atoms with Crippen LogP contribution < -0.4 is 4.74 Å². The van der Waals surface area contributed by atoms with E-state index in [0.29, 0.717) is 10.7 Å². The Balaban J connectivity index is 1.89. The lowest BCUT2D eigenvalue weighted by Gasteiger charge is -2.23. The predicted molar refractivity (Wildman–Crippen MR) is 106 cm³/mol. The molecular formula is C19H19N3O4S. The molecule has 1 atom stereocenters. The molecular weight excluding hydrogens is 366 g/mol. The molecule has 140 valence electrons. The highest BCUT2D eigenvalue weighted by atomic mass is 32.2. The first-order valence-corrected chi connectivity index (χ1v) is 9.45. The summed E-state index contributed by atoms with van der Waals surface area (Å²) in [6, 6.07) is 13.0. The number of nitrogens with zero attached hydrogens (tertiary/aromatic N) is 3. The number of ether oxygens (including phenoxy) is 1. The van der Waals surface area contributed by atoms with E-state index in [-0.39, 0.29) is 17.6 Å². The van der Waals surface area contributed by atoms with Crippen molar-refractivity contribution in [1.82, 2.24) is 4.90 Å². The van der Waals surface area contributed by atoms with Crippen LogP contribution >= 0.6 is 11.8 Å². The first-order valence-electron chi connectivity index (χ1n) is 8.47. The molecule has 1 saturated heterocycles. The van der Waals surface area contributed by atoms with Gasteiger partial charge < -0.3 is 4.74 Å². The van der Waals surface area contributed by atoms with E-state index < -0.39 is 4.92 Å². The lowest BCUT2D eigenvalue weighted by atomic mass is 10.1. The molecule has 0 spiro atoms. The van der Waals surface area contributed by atoms with Crippen LogP contribution in [0.25, 0.3) is 0 Å². The van der Waals surface area contributed by atoms with Gasteiger partial charge in [-0.3, -0.25) is 19.8 Å². The van der Waals surface area contributed by atoms with Gasteiger partial charge in [-0.2, -0.15) is 0 Å². The van der Waals surface area contributed by atoms with Gasteiger partial charge >= 0.3 is 0 Å². The van der Waals surface area contributed by atoms with E-state index in [2.05, 4.69) is 4.99 Å². The minimum atomic E-state index is -0.481. The molecule has 7 nitrogen and oxygen atoms in total. The maximum atomic E-state index is 13.0. The van der Waals surface area contributed by atoms with Gasteiger partial charge in [0.25, 0.3) is 11.6 Å². The van der Waals surface area contributed by atoms with E-state index in [1.807, 2.05) is 31.2 Å². The van der Waals surface area contributed by atoms with Crippen LogP contribution in [0.4, 0.5) is 11.4 Å². The van der Waals surface area contributed by atoms with Crippen LogP contribution in [0.2, 0.25) is 0 Å². The highest BCUT2D eigenvalue weighted by Crippen LogP contribution is 2.31. The fourth-order valence-corrected chi connectivity index (χ4v) is 4.01. The van der Waals surface area contributed by atoms with Crippen molar-refractivity contribution in [3.8, 4) is 5.75 Å². The molecule has 8 heteroatoms. The van der Waals surface area contributed by atoms with E-state index in [9.17, 15) is 14.9 Å². The Hall–Kier alpha value is -2.87. The summed E-state index contributed by atoms with van der Waals surface area (Å²) in [5, 5.41) is 11.5. The number of nitro groups is 1. The maximum Gasteiger partial charge on any atom is 0.269 e. The fourth-order valence-electron chi connectivity index (χ4n) is 2.74. The lowest BCUT2D eigenvalue weighted by Crippen LogP contribution is -2.39. The summed E-state index contributed by atoms with van der Waals surface area (Å²) in [5.74, 6) is 1.31. The molecule has 2 aromatic rings. The van der Waals surface area contributed by atoms with Crippen molar-refractivity contribution in [3.05, 3.63) is 64.2 Å². The van der Waals surface area contributed by atoms with Crippen molar-refractivity contribution in [2.24, 2.45) is 4.99 Å². The van der Waals surface area contributed by atoms with Crippen molar-refractivity contribution >= 4 is 34.2 Å². The molecule has 0 saturated carbocycles. The zero-order valence-electron chi connectivity index (χ0n) is 15.0. The van der Waals surface area contributed by atoms with Crippen LogP contribution in [-0.2, 0) is 0 Å². The minimum absolute atomic E-state index is 0.0368. The van der Waals surface area contributed by atoms with Crippen LogP contribution in [0.3, 0.4) is 0 Å². The van der Waals surface area contributed by atoms with Gasteiger partial charge in [0.15, 0.2) is 5.17 Å². The number of non-ortho nitro benzene ring substituents is 1. The largest absolute Gasteiger partial charge is 0.497 e. The second-order valence-corrected chi connectivity index (χ2v) is 6.93. The zero-order valence-corrected chi connectivity index (χ0v) is 15.8. The van der Waals surface area contributed by atoms with Crippen LogP contribution in [-0.4, -0.2) is 39.8 Å². The Bertz CT molecular complexity index is 866. The normalized spacial score (nSPS) is 17.9. The van der Waals surface area contributed by atoms with Crippen molar-refractivity contribution in [1.29, 1.82) is 0 Å². The predicted octanol–water partition coefficient (Wildman–Crippen LogP) is 4.26. The van der Waals surface area contributed by atoms with Gasteiger partial charge in [-0.1, -0.05) is 18.7 Å². The molecule has 27 heavy (non-hydrogen) atoms. The number of rotatable bonds is 5. The quantitative estimate of drug-likeness (QED) is 0.567. The van der Waals surface area contributed by atoms with E-state index >= 15 is 0 Å². The number of thioether (sulfide) groups is 1. The molecule has 0 radical (unpaired) electrons. The number of aliphatic imine (C=N–C) groups is 1. The summed E-state index contributed by atoms with van der Waals surface area (Å²) in [6.45, 7) is 2.03. The Morgan fingerprint density at radius 3 is 2.48 bits per heavy atom. The first-order chi connectivity index (χ1) is 13.0. The third kappa shape index (κ3) is 4.11. The lowest BCUT2D eigenvalue weighted by molar-refractivity contribution is -0.384. The molecule has 1 fully saturated rings. The van der Waals surface area contributed by atoms with Gasteiger partial charge in [-0.25, -0.2) is 4.99 Å². The topological polar surface area (TPSA) is 85.0 Å². The molecule has 0 aromatic heterocycles. The molecule has 0 unspecified atom stereocenters. The number of benzene rings is 2. The molecule has 1 aliphatic heterocycles. The van der Waals surface area contributed by atoms with E-state index in [4.69, 9.17) is 4.74 Å². The number of amidine groups is 1. The van der Waals surface area contributed by atoms with Crippen molar-refractivity contribution in [2.75, 3.05) is 12.9 Å². The standard InChI is InChI=1S/C19H19N3O4S/c1-3-15-12-27-19(20-14-6-10-17(26-2)11-7-14)21(15)18(23)13-4-8-16(9-5-13)22(24)25/h4-11,15H,3,12H2,1-2H3/t15-/m1/s1. The average Bonchev–Trinajstić information content (AvgIpc) is 3.10. The number of amides is 1. The monoisotopic (exact) mass is 385 g/mol.